The maximum Gasteiger partial charge on any atom is 0.119 e. The molecule has 2 heterocycles. The summed E-state index contributed by atoms with van der Waals surface area (Å²) in [5.41, 5.74) is -0.305. The van der Waals surface area contributed by atoms with Gasteiger partial charge in [0, 0.05) is 13.0 Å². The van der Waals surface area contributed by atoms with Gasteiger partial charge in [-0.1, -0.05) is 13.0 Å². The molecule has 0 spiro atoms. The van der Waals surface area contributed by atoms with Crippen LogP contribution in [-0.4, -0.2) is 38.1 Å². The van der Waals surface area contributed by atoms with Crippen molar-refractivity contribution in [2.24, 2.45) is 5.92 Å². The van der Waals surface area contributed by atoms with E-state index in [9.17, 15) is 0 Å². The summed E-state index contributed by atoms with van der Waals surface area (Å²) in [5.74, 6) is 0.371. The normalized spacial score (nSPS) is 49.2. The highest BCUT2D eigenvalue weighted by Crippen LogP contribution is 2.42. The zero-order chi connectivity index (χ0) is 9.47. The molecule has 0 bridgehead atoms. The molecule has 2 fully saturated rings. The van der Waals surface area contributed by atoms with Gasteiger partial charge in [0.15, 0.2) is 0 Å². The van der Waals surface area contributed by atoms with E-state index >= 15 is 0 Å². The van der Waals surface area contributed by atoms with E-state index in [-0.39, 0.29) is 17.8 Å². The molecular formula is C10H16O3. The average Bonchev–Trinajstić information content (AvgIpc) is 2.65. The smallest absolute Gasteiger partial charge is 0.119 e. The van der Waals surface area contributed by atoms with Crippen molar-refractivity contribution in [3.05, 3.63) is 12.7 Å². The van der Waals surface area contributed by atoms with E-state index in [1.165, 1.54) is 0 Å². The second-order valence-corrected chi connectivity index (χ2v) is 3.80. The predicted octanol–water partition coefficient (Wildman–Crippen LogP) is 0.991. The Morgan fingerprint density at radius 3 is 2.92 bits per heavy atom. The van der Waals surface area contributed by atoms with Gasteiger partial charge < -0.3 is 14.2 Å². The Morgan fingerprint density at radius 1 is 1.54 bits per heavy atom. The minimum Gasteiger partial charge on any atom is -0.376 e. The van der Waals surface area contributed by atoms with E-state index in [0.29, 0.717) is 12.5 Å². The van der Waals surface area contributed by atoms with Gasteiger partial charge in [-0.05, 0) is 0 Å². The molecule has 4 atom stereocenters. The SMILES string of the molecule is C=C[C@]12OC[C@H](OC)[C@H]1OC[C@@H]2C. The fourth-order valence-corrected chi connectivity index (χ4v) is 2.29. The van der Waals surface area contributed by atoms with Gasteiger partial charge in [0.05, 0.1) is 13.2 Å². The van der Waals surface area contributed by atoms with Gasteiger partial charge in [-0.15, -0.1) is 6.58 Å². The number of rotatable bonds is 2. The highest BCUT2D eigenvalue weighted by molar-refractivity contribution is 5.15. The third kappa shape index (κ3) is 1.08. The Hall–Kier alpha value is -0.380. The summed E-state index contributed by atoms with van der Waals surface area (Å²) in [6.07, 6.45) is 1.96. The summed E-state index contributed by atoms with van der Waals surface area (Å²) >= 11 is 0. The third-order valence-corrected chi connectivity index (χ3v) is 3.20. The van der Waals surface area contributed by atoms with Crippen molar-refractivity contribution in [3.8, 4) is 0 Å². The number of methoxy groups -OCH3 is 1. The first-order valence-electron chi connectivity index (χ1n) is 4.66. The highest BCUT2D eigenvalue weighted by Gasteiger charge is 2.56. The molecule has 2 saturated heterocycles. The fourth-order valence-electron chi connectivity index (χ4n) is 2.29. The van der Waals surface area contributed by atoms with Crippen molar-refractivity contribution < 1.29 is 14.2 Å². The van der Waals surface area contributed by atoms with Crippen molar-refractivity contribution in [1.29, 1.82) is 0 Å². The van der Waals surface area contributed by atoms with E-state index < -0.39 is 0 Å². The van der Waals surface area contributed by atoms with Gasteiger partial charge >= 0.3 is 0 Å². The van der Waals surface area contributed by atoms with Crippen LogP contribution < -0.4 is 0 Å². The summed E-state index contributed by atoms with van der Waals surface area (Å²) in [6.45, 7) is 7.30. The summed E-state index contributed by atoms with van der Waals surface area (Å²) < 4.78 is 16.7. The molecule has 3 nitrogen and oxygen atoms in total. The fraction of sp³-hybridized carbons (Fsp3) is 0.800. The minimum absolute atomic E-state index is 0.0324. The molecule has 3 heteroatoms. The number of fused-ring (bicyclic) bond motifs is 1. The Balaban J connectivity index is 2.25. The first-order chi connectivity index (χ1) is 6.24. The average molecular weight is 184 g/mol. The molecule has 2 rings (SSSR count). The maximum atomic E-state index is 5.76. The van der Waals surface area contributed by atoms with Crippen molar-refractivity contribution in [2.75, 3.05) is 20.3 Å². The summed E-state index contributed by atoms with van der Waals surface area (Å²) in [5, 5.41) is 0. The minimum atomic E-state index is -0.305. The maximum absolute atomic E-state index is 5.76. The van der Waals surface area contributed by atoms with Crippen LogP contribution in [0.15, 0.2) is 12.7 Å². The second kappa shape index (κ2) is 3.08. The number of ether oxygens (including phenoxy) is 3. The summed E-state index contributed by atoms with van der Waals surface area (Å²) in [7, 11) is 1.69. The standard InChI is InChI=1S/C10H16O3/c1-4-10-7(2)5-12-9(10)8(11-3)6-13-10/h4,7-9H,1,5-6H2,2-3H3/t7-,8-,9+,10+/m0/s1. The molecule has 0 radical (unpaired) electrons. The molecule has 0 amide bonds. The van der Waals surface area contributed by atoms with Crippen LogP contribution in [0.1, 0.15) is 6.92 Å². The van der Waals surface area contributed by atoms with Crippen LogP contribution in [0.4, 0.5) is 0 Å². The van der Waals surface area contributed by atoms with Crippen LogP contribution >= 0.6 is 0 Å². The molecule has 0 aliphatic carbocycles. The first-order valence-corrected chi connectivity index (χ1v) is 4.66. The third-order valence-electron chi connectivity index (χ3n) is 3.20. The van der Waals surface area contributed by atoms with Crippen molar-refractivity contribution in [3.63, 3.8) is 0 Å². The lowest BCUT2D eigenvalue weighted by Crippen LogP contribution is -2.41. The largest absolute Gasteiger partial charge is 0.376 e. The van der Waals surface area contributed by atoms with Gasteiger partial charge in [0.1, 0.15) is 17.8 Å². The zero-order valence-corrected chi connectivity index (χ0v) is 8.16. The molecule has 13 heavy (non-hydrogen) atoms. The van der Waals surface area contributed by atoms with E-state index in [2.05, 4.69) is 13.5 Å². The van der Waals surface area contributed by atoms with Crippen LogP contribution in [0.3, 0.4) is 0 Å². The summed E-state index contributed by atoms with van der Waals surface area (Å²) in [6, 6.07) is 0. The topological polar surface area (TPSA) is 27.7 Å². The van der Waals surface area contributed by atoms with Crippen molar-refractivity contribution in [1.82, 2.24) is 0 Å². The molecule has 0 aromatic heterocycles. The Kier molecular flexibility index (Phi) is 2.18. The summed E-state index contributed by atoms with van der Waals surface area (Å²) in [4.78, 5) is 0. The van der Waals surface area contributed by atoms with Crippen LogP contribution in [-0.2, 0) is 14.2 Å². The zero-order valence-electron chi connectivity index (χ0n) is 8.16. The van der Waals surface area contributed by atoms with Gasteiger partial charge in [0.25, 0.3) is 0 Å². The molecule has 0 saturated carbocycles. The molecule has 74 valence electrons. The van der Waals surface area contributed by atoms with Crippen LogP contribution in [0.5, 0.6) is 0 Å². The first kappa shape index (κ1) is 9.19. The molecule has 0 aromatic rings. The van der Waals surface area contributed by atoms with Gasteiger partial charge in [-0.2, -0.15) is 0 Å². The van der Waals surface area contributed by atoms with E-state index in [4.69, 9.17) is 14.2 Å². The van der Waals surface area contributed by atoms with Gasteiger partial charge in [-0.25, -0.2) is 0 Å². The van der Waals surface area contributed by atoms with Crippen molar-refractivity contribution >= 4 is 0 Å². The monoisotopic (exact) mass is 184 g/mol. The van der Waals surface area contributed by atoms with E-state index in [1.54, 1.807) is 7.11 Å². The van der Waals surface area contributed by atoms with Gasteiger partial charge in [0.2, 0.25) is 0 Å². The lowest BCUT2D eigenvalue weighted by Gasteiger charge is -2.27. The Bertz CT molecular complexity index is 216. The molecule has 0 unspecified atom stereocenters. The van der Waals surface area contributed by atoms with Crippen molar-refractivity contribution in [2.45, 2.75) is 24.7 Å². The Morgan fingerprint density at radius 2 is 2.31 bits per heavy atom. The number of hydrogen-bond acceptors (Lipinski definition) is 3. The highest BCUT2D eigenvalue weighted by atomic mass is 16.6. The quantitative estimate of drug-likeness (QED) is 0.599. The van der Waals surface area contributed by atoms with E-state index in [1.807, 2.05) is 6.08 Å². The van der Waals surface area contributed by atoms with Crippen LogP contribution in [0, 0.1) is 5.92 Å². The second-order valence-electron chi connectivity index (χ2n) is 3.80. The van der Waals surface area contributed by atoms with Gasteiger partial charge in [-0.3, -0.25) is 0 Å². The lowest BCUT2D eigenvalue weighted by molar-refractivity contribution is -0.0152. The predicted molar refractivity (Wildman–Crippen MR) is 48.6 cm³/mol. The molecule has 0 N–H and O–H groups in total. The van der Waals surface area contributed by atoms with E-state index in [0.717, 1.165) is 6.61 Å². The molecular weight excluding hydrogens is 168 g/mol. The Labute approximate surface area is 78.7 Å². The molecule has 0 aromatic carbocycles. The lowest BCUT2D eigenvalue weighted by atomic mass is 9.86. The molecule has 2 aliphatic heterocycles. The molecule has 2 aliphatic rings. The van der Waals surface area contributed by atoms with Crippen LogP contribution in [0.25, 0.3) is 0 Å². The number of hydrogen-bond donors (Lipinski definition) is 0. The van der Waals surface area contributed by atoms with Crippen LogP contribution in [0.2, 0.25) is 0 Å².